The van der Waals surface area contributed by atoms with E-state index in [0.29, 0.717) is 19.6 Å². The van der Waals surface area contributed by atoms with Crippen molar-refractivity contribution in [2.24, 2.45) is 5.92 Å². The maximum atomic E-state index is 12.4. The van der Waals surface area contributed by atoms with Crippen LogP contribution in [0.4, 0.5) is 4.79 Å². The number of carboxylic acids is 1. The zero-order valence-electron chi connectivity index (χ0n) is 14.1. The van der Waals surface area contributed by atoms with Gasteiger partial charge in [0.15, 0.2) is 0 Å². The lowest BCUT2D eigenvalue weighted by atomic mass is 10.1. The minimum Gasteiger partial charge on any atom is -0.478 e. The Morgan fingerprint density at radius 1 is 1.04 bits per heavy atom. The van der Waals surface area contributed by atoms with Crippen LogP contribution in [0, 0.1) is 5.92 Å². The highest BCUT2D eigenvalue weighted by Gasteiger charge is 2.34. The van der Waals surface area contributed by atoms with Crippen LogP contribution in [0.5, 0.6) is 0 Å². The molecule has 0 aliphatic carbocycles. The lowest BCUT2D eigenvalue weighted by Gasteiger charge is -2.21. The molecular weight excluding hydrogens is 322 g/mol. The molecule has 1 aromatic carbocycles. The molecule has 7 nitrogen and oxygen atoms in total. The van der Waals surface area contributed by atoms with Crippen LogP contribution in [0.15, 0.2) is 24.3 Å². The molecule has 2 N–H and O–H groups in total. The predicted molar refractivity (Wildman–Crippen MR) is 91.1 cm³/mol. The van der Waals surface area contributed by atoms with E-state index in [1.54, 1.807) is 17.0 Å². The van der Waals surface area contributed by atoms with Gasteiger partial charge in [-0.3, -0.25) is 4.79 Å². The molecule has 0 bridgehead atoms. The third kappa shape index (κ3) is 4.10. The number of hydrogen-bond donors (Lipinski definition) is 2. The molecule has 3 amide bonds. The van der Waals surface area contributed by atoms with Gasteiger partial charge >= 0.3 is 12.0 Å². The number of carboxylic acid groups (broad SMARTS) is 1. The van der Waals surface area contributed by atoms with E-state index in [9.17, 15) is 14.4 Å². The van der Waals surface area contributed by atoms with Crippen LogP contribution in [0.3, 0.4) is 0 Å². The normalized spacial score (nSPS) is 19.9. The maximum Gasteiger partial charge on any atom is 0.335 e. The van der Waals surface area contributed by atoms with E-state index in [-0.39, 0.29) is 23.4 Å². The van der Waals surface area contributed by atoms with Crippen molar-refractivity contribution in [2.75, 3.05) is 26.2 Å². The van der Waals surface area contributed by atoms with Crippen LogP contribution in [-0.2, 0) is 11.3 Å². The second kappa shape index (κ2) is 7.55. The van der Waals surface area contributed by atoms with E-state index >= 15 is 0 Å². The van der Waals surface area contributed by atoms with Gasteiger partial charge in [0.1, 0.15) is 0 Å². The third-order valence-electron chi connectivity index (χ3n) is 4.89. The second-order valence-corrected chi connectivity index (χ2v) is 6.62. The lowest BCUT2D eigenvalue weighted by molar-refractivity contribution is -0.133. The molecule has 2 aliphatic heterocycles. The summed E-state index contributed by atoms with van der Waals surface area (Å²) in [5.41, 5.74) is 1.06. The van der Waals surface area contributed by atoms with Gasteiger partial charge in [0.25, 0.3) is 0 Å². The maximum absolute atomic E-state index is 12.4. The summed E-state index contributed by atoms with van der Waals surface area (Å²) in [5, 5.41) is 11.7. The van der Waals surface area contributed by atoms with Crippen LogP contribution in [0.1, 0.15) is 35.2 Å². The fourth-order valence-corrected chi connectivity index (χ4v) is 3.40. The number of hydrogen-bond acceptors (Lipinski definition) is 3. The first-order valence-corrected chi connectivity index (χ1v) is 8.68. The number of likely N-dealkylation sites (tertiary alicyclic amines) is 2. The molecule has 2 heterocycles. The number of benzene rings is 1. The fraction of sp³-hybridized carbons (Fsp3) is 0.500. The molecule has 1 atom stereocenters. The molecule has 2 fully saturated rings. The zero-order valence-corrected chi connectivity index (χ0v) is 14.1. The van der Waals surface area contributed by atoms with E-state index in [1.807, 2.05) is 4.90 Å². The Morgan fingerprint density at radius 3 is 2.36 bits per heavy atom. The second-order valence-electron chi connectivity index (χ2n) is 6.62. The Hall–Kier alpha value is -2.57. The Bertz CT molecular complexity index is 653. The highest BCUT2D eigenvalue weighted by atomic mass is 16.4. The Morgan fingerprint density at radius 2 is 1.72 bits per heavy atom. The lowest BCUT2D eigenvalue weighted by Crippen LogP contribution is -2.40. The minimum atomic E-state index is -0.971. The molecule has 2 aliphatic rings. The summed E-state index contributed by atoms with van der Waals surface area (Å²) in [6.45, 7) is 3.08. The summed E-state index contributed by atoms with van der Waals surface area (Å²) in [4.78, 5) is 39.1. The molecule has 25 heavy (non-hydrogen) atoms. The number of urea groups is 1. The van der Waals surface area contributed by atoms with Crippen molar-refractivity contribution in [3.63, 3.8) is 0 Å². The molecule has 0 radical (unpaired) electrons. The van der Waals surface area contributed by atoms with Gasteiger partial charge in [-0.15, -0.1) is 0 Å². The topological polar surface area (TPSA) is 90.0 Å². The molecular formula is C18H23N3O4. The van der Waals surface area contributed by atoms with Gasteiger partial charge in [0.05, 0.1) is 11.5 Å². The van der Waals surface area contributed by atoms with Crippen LogP contribution >= 0.6 is 0 Å². The molecule has 0 saturated carbocycles. The van der Waals surface area contributed by atoms with E-state index in [4.69, 9.17) is 5.11 Å². The van der Waals surface area contributed by atoms with E-state index in [1.165, 1.54) is 12.1 Å². The fourth-order valence-electron chi connectivity index (χ4n) is 3.40. The van der Waals surface area contributed by atoms with Crippen LogP contribution < -0.4 is 5.32 Å². The van der Waals surface area contributed by atoms with E-state index in [2.05, 4.69) is 5.32 Å². The van der Waals surface area contributed by atoms with Gasteiger partial charge in [0.2, 0.25) is 5.91 Å². The van der Waals surface area contributed by atoms with Gasteiger partial charge in [0, 0.05) is 32.7 Å². The number of nitrogens with one attached hydrogen (secondary N) is 1. The Kier molecular flexibility index (Phi) is 5.21. The quantitative estimate of drug-likeness (QED) is 0.866. The number of aromatic carboxylic acids is 1. The molecule has 134 valence electrons. The number of carbonyl (C=O) groups is 3. The Balaban J connectivity index is 1.47. The van der Waals surface area contributed by atoms with E-state index < -0.39 is 5.97 Å². The summed E-state index contributed by atoms with van der Waals surface area (Å²) in [6.07, 6.45) is 2.86. The summed E-state index contributed by atoms with van der Waals surface area (Å²) >= 11 is 0. The first-order valence-electron chi connectivity index (χ1n) is 8.68. The Labute approximate surface area is 146 Å². The molecule has 2 saturated heterocycles. The van der Waals surface area contributed by atoms with Gasteiger partial charge in [-0.2, -0.15) is 0 Å². The molecule has 7 heteroatoms. The first-order chi connectivity index (χ1) is 12.0. The average Bonchev–Trinajstić information content (AvgIpc) is 3.31. The molecule has 1 unspecified atom stereocenters. The molecule has 1 aromatic rings. The van der Waals surface area contributed by atoms with Gasteiger partial charge in [-0.1, -0.05) is 12.1 Å². The summed E-state index contributed by atoms with van der Waals surface area (Å²) in [7, 11) is 0. The highest BCUT2D eigenvalue weighted by molar-refractivity contribution is 5.87. The van der Waals surface area contributed by atoms with Crippen LogP contribution in [0.2, 0.25) is 0 Å². The number of amides is 3. The SMILES string of the molecule is O=C(O)c1ccc(CNC(=O)N2CCC(C(=O)N3CCCC3)C2)cc1. The summed E-state index contributed by atoms with van der Waals surface area (Å²) in [5.74, 6) is -0.878. The van der Waals surface area contributed by atoms with Crippen molar-refractivity contribution in [2.45, 2.75) is 25.8 Å². The third-order valence-corrected chi connectivity index (χ3v) is 4.89. The monoisotopic (exact) mass is 345 g/mol. The van der Waals surface area contributed by atoms with Crippen molar-refractivity contribution >= 4 is 17.9 Å². The van der Waals surface area contributed by atoms with Gasteiger partial charge in [-0.25, -0.2) is 9.59 Å². The van der Waals surface area contributed by atoms with Gasteiger partial charge in [-0.05, 0) is 37.0 Å². The van der Waals surface area contributed by atoms with E-state index in [0.717, 1.165) is 37.9 Å². The van der Waals surface area contributed by atoms with Gasteiger partial charge < -0.3 is 20.2 Å². The van der Waals surface area contributed by atoms with Crippen molar-refractivity contribution in [1.82, 2.24) is 15.1 Å². The smallest absolute Gasteiger partial charge is 0.335 e. The zero-order chi connectivity index (χ0) is 17.8. The van der Waals surface area contributed by atoms with Crippen LogP contribution in [0.25, 0.3) is 0 Å². The summed E-state index contributed by atoms with van der Waals surface area (Å²) < 4.78 is 0. The highest BCUT2D eigenvalue weighted by Crippen LogP contribution is 2.21. The molecule has 0 spiro atoms. The number of nitrogens with zero attached hydrogens (tertiary/aromatic N) is 2. The van der Waals surface area contributed by atoms with Crippen molar-refractivity contribution in [3.8, 4) is 0 Å². The minimum absolute atomic E-state index is 0.0845. The number of rotatable bonds is 4. The van der Waals surface area contributed by atoms with Crippen molar-refractivity contribution in [1.29, 1.82) is 0 Å². The average molecular weight is 345 g/mol. The molecule has 0 aromatic heterocycles. The standard InChI is InChI=1S/C18H23N3O4/c22-16(20-8-1-2-9-20)15-7-10-21(12-15)18(25)19-11-13-3-5-14(6-4-13)17(23)24/h3-6,15H,1-2,7-12H2,(H,19,25)(H,23,24). The van der Waals surface area contributed by atoms with Crippen molar-refractivity contribution < 1.29 is 19.5 Å². The van der Waals surface area contributed by atoms with Crippen molar-refractivity contribution in [3.05, 3.63) is 35.4 Å². The van der Waals surface area contributed by atoms with Crippen LogP contribution in [-0.4, -0.2) is 59.0 Å². The first kappa shape index (κ1) is 17.3. The predicted octanol–water partition coefficient (Wildman–Crippen LogP) is 1.54. The molecule has 3 rings (SSSR count). The number of carbonyl (C=O) groups excluding carboxylic acids is 2. The largest absolute Gasteiger partial charge is 0.478 e. The summed E-state index contributed by atoms with van der Waals surface area (Å²) in [6, 6.07) is 6.23.